The van der Waals surface area contributed by atoms with E-state index >= 15 is 0 Å². The van der Waals surface area contributed by atoms with Gasteiger partial charge in [-0.05, 0) is 30.4 Å². The Morgan fingerprint density at radius 3 is 2.53 bits per heavy atom. The van der Waals surface area contributed by atoms with Crippen LogP contribution >= 0.6 is 0 Å². The molecule has 0 aromatic heterocycles. The van der Waals surface area contributed by atoms with Crippen molar-refractivity contribution in [2.24, 2.45) is 11.7 Å². The highest BCUT2D eigenvalue weighted by molar-refractivity contribution is 5.75. The minimum Gasteiger partial charge on any atom is -0.369 e. The molecule has 0 aliphatic rings. The van der Waals surface area contributed by atoms with Crippen molar-refractivity contribution in [3.05, 3.63) is 35.4 Å². The first-order valence-corrected chi connectivity index (χ1v) is 6.08. The van der Waals surface area contributed by atoms with Gasteiger partial charge in [0.2, 0.25) is 5.91 Å². The third kappa shape index (κ3) is 4.57. The van der Waals surface area contributed by atoms with Crippen LogP contribution in [0.2, 0.25) is 0 Å². The second-order valence-electron chi connectivity index (χ2n) is 4.89. The maximum absolute atomic E-state index is 10.9. The van der Waals surface area contributed by atoms with Gasteiger partial charge in [0.05, 0.1) is 6.54 Å². The Labute approximate surface area is 103 Å². The summed E-state index contributed by atoms with van der Waals surface area (Å²) < 4.78 is 0. The minimum absolute atomic E-state index is 0.198. The van der Waals surface area contributed by atoms with E-state index in [1.54, 1.807) is 0 Å². The van der Waals surface area contributed by atoms with Crippen LogP contribution in [0.4, 0.5) is 0 Å². The van der Waals surface area contributed by atoms with Crippen LogP contribution in [0.15, 0.2) is 24.3 Å². The number of carbonyl (C=O) groups excluding carboxylic acids is 1. The predicted molar refractivity (Wildman–Crippen MR) is 70.6 cm³/mol. The van der Waals surface area contributed by atoms with Gasteiger partial charge >= 0.3 is 0 Å². The number of amides is 1. The Kier molecular flexibility index (Phi) is 5.16. The van der Waals surface area contributed by atoms with Crippen LogP contribution in [0.5, 0.6) is 0 Å². The van der Waals surface area contributed by atoms with Crippen LogP contribution in [0.1, 0.15) is 37.4 Å². The zero-order valence-corrected chi connectivity index (χ0v) is 10.9. The molecule has 0 bridgehead atoms. The van der Waals surface area contributed by atoms with Gasteiger partial charge in [-0.2, -0.15) is 0 Å². The highest BCUT2D eigenvalue weighted by Crippen LogP contribution is 2.23. The van der Waals surface area contributed by atoms with Crippen LogP contribution in [0.3, 0.4) is 0 Å². The molecule has 3 N–H and O–H groups in total. The molecule has 0 unspecified atom stereocenters. The van der Waals surface area contributed by atoms with E-state index in [0.717, 1.165) is 6.42 Å². The molecule has 1 aromatic rings. The average molecular weight is 234 g/mol. The van der Waals surface area contributed by atoms with Gasteiger partial charge in [-0.15, -0.1) is 0 Å². The highest BCUT2D eigenvalue weighted by Gasteiger charge is 2.15. The van der Waals surface area contributed by atoms with Crippen LogP contribution < -0.4 is 11.1 Å². The van der Waals surface area contributed by atoms with Gasteiger partial charge in [-0.1, -0.05) is 38.1 Å². The van der Waals surface area contributed by atoms with Crippen LogP contribution in [-0.2, 0) is 4.79 Å². The first-order valence-electron chi connectivity index (χ1n) is 6.08. The molecule has 3 nitrogen and oxygen atoms in total. The SMILES string of the molecule is Cc1ccccc1[C@@H](CC(C)C)NCC(N)=O. The lowest BCUT2D eigenvalue weighted by Crippen LogP contribution is -2.32. The Hall–Kier alpha value is -1.35. The van der Waals surface area contributed by atoms with E-state index in [1.807, 2.05) is 12.1 Å². The largest absolute Gasteiger partial charge is 0.369 e. The van der Waals surface area contributed by atoms with E-state index in [2.05, 4.69) is 38.2 Å². The molecule has 0 fully saturated rings. The number of aryl methyl sites for hydroxylation is 1. The molecule has 1 amide bonds. The number of nitrogens with two attached hydrogens (primary N) is 1. The van der Waals surface area contributed by atoms with Gasteiger partial charge in [0, 0.05) is 6.04 Å². The van der Waals surface area contributed by atoms with E-state index in [0.29, 0.717) is 5.92 Å². The van der Waals surface area contributed by atoms with E-state index in [9.17, 15) is 4.79 Å². The molecule has 1 rings (SSSR count). The van der Waals surface area contributed by atoms with Crippen molar-refractivity contribution in [3.63, 3.8) is 0 Å². The standard InChI is InChI=1S/C14H22N2O/c1-10(2)8-13(16-9-14(15)17)12-7-5-4-6-11(12)3/h4-7,10,13,16H,8-9H2,1-3H3,(H2,15,17)/t13-/m1/s1. The summed E-state index contributed by atoms with van der Waals surface area (Å²) in [5.74, 6) is 0.257. The number of primary amides is 1. The number of hydrogen-bond donors (Lipinski definition) is 2. The fraction of sp³-hybridized carbons (Fsp3) is 0.500. The van der Waals surface area contributed by atoms with Crippen molar-refractivity contribution < 1.29 is 4.79 Å². The lowest BCUT2D eigenvalue weighted by atomic mass is 9.94. The zero-order chi connectivity index (χ0) is 12.8. The van der Waals surface area contributed by atoms with Crippen LogP contribution in [0.25, 0.3) is 0 Å². The fourth-order valence-corrected chi connectivity index (χ4v) is 1.99. The van der Waals surface area contributed by atoms with E-state index in [-0.39, 0.29) is 18.5 Å². The minimum atomic E-state index is -0.313. The van der Waals surface area contributed by atoms with Gasteiger partial charge in [0.25, 0.3) is 0 Å². The van der Waals surface area contributed by atoms with Gasteiger partial charge in [-0.3, -0.25) is 4.79 Å². The molecular weight excluding hydrogens is 212 g/mol. The summed E-state index contributed by atoms with van der Waals surface area (Å²) >= 11 is 0. The third-order valence-corrected chi connectivity index (χ3v) is 2.79. The Balaban J connectivity index is 2.82. The summed E-state index contributed by atoms with van der Waals surface area (Å²) in [5.41, 5.74) is 7.68. The quantitative estimate of drug-likeness (QED) is 0.792. The molecule has 0 aliphatic carbocycles. The second-order valence-corrected chi connectivity index (χ2v) is 4.89. The molecule has 0 radical (unpaired) electrons. The van der Waals surface area contributed by atoms with Gasteiger partial charge in [0.1, 0.15) is 0 Å². The Bertz CT molecular complexity index is 374. The maximum Gasteiger partial charge on any atom is 0.231 e. The first kappa shape index (κ1) is 13.7. The molecule has 1 aromatic carbocycles. The topological polar surface area (TPSA) is 55.1 Å². The fourth-order valence-electron chi connectivity index (χ4n) is 1.99. The molecule has 94 valence electrons. The number of nitrogens with one attached hydrogen (secondary N) is 1. The molecule has 0 heterocycles. The molecule has 17 heavy (non-hydrogen) atoms. The monoisotopic (exact) mass is 234 g/mol. The maximum atomic E-state index is 10.9. The van der Waals surface area contributed by atoms with Gasteiger partial charge in [-0.25, -0.2) is 0 Å². The molecule has 0 saturated heterocycles. The molecule has 3 heteroatoms. The second kappa shape index (κ2) is 6.40. The molecule has 0 saturated carbocycles. The van der Waals surface area contributed by atoms with Crippen molar-refractivity contribution in [1.82, 2.24) is 5.32 Å². The molecule has 0 aliphatic heterocycles. The van der Waals surface area contributed by atoms with Gasteiger partial charge < -0.3 is 11.1 Å². The van der Waals surface area contributed by atoms with Crippen molar-refractivity contribution in [1.29, 1.82) is 0 Å². The van der Waals surface area contributed by atoms with E-state index in [4.69, 9.17) is 5.73 Å². The van der Waals surface area contributed by atoms with Crippen molar-refractivity contribution in [2.75, 3.05) is 6.54 Å². The van der Waals surface area contributed by atoms with Crippen molar-refractivity contribution in [2.45, 2.75) is 33.2 Å². The summed E-state index contributed by atoms with van der Waals surface area (Å²) in [6.45, 7) is 6.68. The Morgan fingerprint density at radius 2 is 2.00 bits per heavy atom. The van der Waals surface area contributed by atoms with E-state index < -0.39 is 0 Å². The summed E-state index contributed by atoms with van der Waals surface area (Å²) in [4.78, 5) is 10.9. The third-order valence-electron chi connectivity index (χ3n) is 2.79. The smallest absolute Gasteiger partial charge is 0.231 e. The lowest BCUT2D eigenvalue weighted by Gasteiger charge is -2.22. The lowest BCUT2D eigenvalue weighted by molar-refractivity contribution is -0.117. The zero-order valence-electron chi connectivity index (χ0n) is 10.9. The highest BCUT2D eigenvalue weighted by atomic mass is 16.1. The Morgan fingerprint density at radius 1 is 1.35 bits per heavy atom. The summed E-state index contributed by atoms with van der Waals surface area (Å²) in [5, 5.41) is 3.23. The number of carbonyl (C=O) groups is 1. The first-order chi connectivity index (χ1) is 8.00. The van der Waals surface area contributed by atoms with Crippen LogP contribution in [0, 0.1) is 12.8 Å². The van der Waals surface area contributed by atoms with E-state index in [1.165, 1.54) is 11.1 Å². The summed E-state index contributed by atoms with van der Waals surface area (Å²) in [6.07, 6.45) is 0.998. The number of rotatable bonds is 6. The van der Waals surface area contributed by atoms with Crippen molar-refractivity contribution in [3.8, 4) is 0 Å². The summed E-state index contributed by atoms with van der Waals surface area (Å²) in [6, 6.07) is 8.45. The predicted octanol–water partition coefficient (Wildman–Crippen LogP) is 2.16. The summed E-state index contributed by atoms with van der Waals surface area (Å²) in [7, 11) is 0. The van der Waals surface area contributed by atoms with Crippen molar-refractivity contribution >= 4 is 5.91 Å². The normalized spacial score (nSPS) is 12.7. The molecule has 1 atom stereocenters. The van der Waals surface area contributed by atoms with Crippen LogP contribution in [-0.4, -0.2) is 12.5 Å². The number of benzene rings is 1. The van der Waals surface area contributed by atoms with Gasteiger partial charge in [0.15, 0.2) is 0 Å². The molecule has 0 spiro atoms. The average Bonchev–Trinajstić information content (AvgIpc) is 2.24. The number of hydrogen-bond acceptors (Lipinski definition) is 2. The molecular formula is C14H22N2O.